The van der Waals surface area contributed by atoms with Crippen molar-refractivity contribution in [2.24, 2.45) is 0 Å². The van der Waals surface area contributed by atoms with E-state index in [1.807, 2.05) is 6.92 Å². The summed E-state index contributed by atoms with van der Waals surface area (Å²) < 4.78 is 5.60. The van der Waals surface area contributed by atoms with Gasteiger partial charge in [-0.2, -0.15) is 0 Å². The average Bonchev–Trinajstić information content (AvgIpc) is 2.18. The van der Waals surface area contributed by atoms with E-state index < -0.39 is 5.97 Å². The SMILES string of the molecule is CCCC(C)Oc1ccc(C(=O)O)cc1.Cl. The van der Waals surface area contributed by atoms with E-state index in [-0.39, 0.29) is 24.1 Å². The van der Waals surface area contributed by atoms with Gasteiger partial charge in [0.2, 0.25) is 0 Å². The standard InChI is InChI=1S/C12H16O3.ClH/c1-3-4-9(2)15-11-7-5-10(6-8-11)12(13)14;/h5-9H,3-4H2,1-2H3,(H,13,14);1H. The molecule has 1 rings (SSSR count). The summed E-state index contributed by atoms with van der Waals surface area (Å²) in [6.07, 6.45) is 2.25. The first-order chi connectivity index (χ1) is 7.13. The largest absolute Gasteiger partial charge is 0.491 e. The Balaban J connectivity index is 0.00000225. The fraction of sp³-hybridized carbons (Fsp3) is 0.417. The minimum Gasteiger partial charge on any atom is -0.491 e. The van der Waals surface area contributed by atoms with Crippen molar-refractivity contribution in [2.45, 2.75) is 32.8 Å². The monoisotopic (exact) mass is 244 g/mol. The fourth-order valence-corrected chi connectivity index (χ4v) is 1.37. The maximum atomic E-state index is 10.6. The summed E-state index contributed by atoms with van der Waals surface area (Å²) in [7, 11) is 0. The van der Waals surface area contributed by atoms with E-state index in [0.29, 0.717) is 0 Å². The van der Waals surface area contributed by atoms with Crippen LogP contribution < -0.4 is 4.74 Å². The van der Waals surface area contributed by atoms with Crippen LogP contribution in [0.5, 0.6) is 5.75 Å². The third-order valence-electron chi connectivity index (χ3n) is 2.13. The van der Waals surface area contributed by atoms with Crippen molar-refractivity contribution >= 4 is 18.4 Å². The predicted octanol–water partition coefficient (Wildman–Crippen LogP) is 3.37. The first kappa shape index (κ1) is 14.8. The molecule has 0 radical (unpaired) electrons. The lowest BCUT2D eigenvalue weighted by atomic mass is 10.2. The first-order valence-electron chi connectivity index (χ1n) is 5.13. The Morgan fingerprint density at radius 3 is 2.38 bits per heavy atom. The highest BCUT2D eigenvalue weighted by atomic mass is 35.5. The van der Waals surface area contributed by atoms with E-state index in [2.05, 4.69) is 6.92 Å². The molecule has 1 unspecified atom stereocenters. The third-order valence-corrected chi connectivity index (χ3v) is 2.13. The molecule has 0 heterocycles. The van der Waals surface area contributed by atoms with E-state index in [4.69, 9.17) is 9.84 Å². The second-order valence-electron chi connectivity index (χ2n) is 3.55. The van der Waals surface area contributed by atoms with E-state index in [1.165, 1.54) is 0 Å². The molecule has 16 heavy (non-hydrogen) atoms. The van der Waals surface area contributed by atoms with Crippen LogP contribution in [-0.4, -0.2) is 17.2 Å². The summed E-state index contributed by atoms with van der Waals surface area (Å²) in [4.78, 5) is 10.6. The molecule has 0 aromatic heterocycles. The van der Waals surface area contributed by atoms with Gasteiger partial charge in [-0.05, 0) is 37.6 Å². The quantitative estimate of drug-likeness (QED) is 0.864. The first-order valence-corrected chi connectivity index (χ1v) is 5.13. The Hall–Kier alpha value is -1.22. The second-order valence-corrected chi connectivity index (χ2v) is 3.55. The summed E-state index contributed by atoms with van der Waals surface area (Å²) >= 11 is 0. The number of rotatable bonds is 5. The normalized spacial score (nSPS) is 11.4. The van der Waals surface area contributed by atoms with Crippen molar-refractivity contribution in [1.29, 1.82) is 0 Å². The Morgan fingerprint density at radius 1 is 1.38 bits per heavy atom. The molecule has 1 aromatic carbocycles. The number of carboxylic acids is 1. The number of hydrogen-bond donors (Lipinski definition) is 1. The molecule has 0 fully saturated rings. The van der Waals surface area contributed by atoms with Crippen LogP contribution in [-0.2, 0) is 0 Å². The molecule has 0 spiro atoms. The number of carboxylic acid groups (broad SMARTS) is 1. The summed E-state index contributed by atoms with van der Waals surface area (Å²) in [5.74, 6) is -0.191. The summed E-state index contributed by atoms with van der Waals surface area (Å²) in [6, 6.07) is 6.48. The van der Waals surface area contributed by atoms with Crippen molar-refractivity contribution in [2.75, 3.05) is 0 Å². The molecule has 4 heteroatoms. The zero-order valence-electron chi connectivity index (χ0n) is 9.47. The molecule has 90 valence electrons. The van der Waals surface area contributed by atoms with Crippen LogP contribution in [0.2, 0.25) is 0 Å². The van der Waals surface area contributed by atoms with Crippen molar-refractivity contribution in [3.05, 3.63) is 29.8 Å². The van der Waals surface area contributed by atoms with Gasteiger partial charge < -0.3 is 9.84 Å². The number of hydrogen-bond acceptors (Lipinski definition) is 2. The molecule has 1 aromatic rings. The molecule has 0 saturated heterocycles. The van der Waals surface area contributed by atoms with Crippen LogP contribution in [0.15, 0.2) is 24.3 Å². The van der Waals surface area contributed by atoms with Crippen LogP contribution in [0.25, 0.3) is 0 Å². The van der Waals surface area contributed by atoms with Gasteiger partial charge in [-0.1, -0.05) is 13.3 Å². The van der Waals surface area contributed by atoms with Gasteiger partial charge in [0.1, 0.15) is 5.75 Å². The number of ether oxygens (including phenoxy) is 1. The molecule has 1 atom stereocenters. The van der Waals surface area contributed by atoms with Gasteiger partial charge in [0.05, 0.1) is 11.7 Å². The minimum absolute atomic E-state index is 0. The Kier molecular flexibility index (Phi) is 6.58. The molecule has 0 aliphatic heterocycles. The van der Waals surface area contributed by atoms with Crippen LogP contribution in [0.4, 0.5) is 0 Å². The van der Waals surface area contributed by atoms with Gasteiger partial charge in [-0.15, -0.1) is 12.4 Å². The minimum atomic E-state index is -0.914. The lowest BCUT2D eigenvalue weighted by Gasteiger charge is -2.13. The highest BCUT2D eigenvalue weighted by Gasteiger charge is 2.04. The maximum Gasteiger partial charge on any atom is 0.335 e. The van der Waals surface area contributed by atoms with E-state index in [9.17, 15) is 4.79 Å². The zero-order valence-corrected chi connectivity index (χ0v) is 10.3. The molecule has 0 aliphatic carbocycles. The van der Waals surface area contributed by atoms with Gasteiger partial charge in [0.15, 0.2) is 0 Å². The number of aromatic carboxylic acids is 1. The lowest BCUT2D eigenvalue weighted by molar-refractivity contribution is 0.0697. The average molecular weight is 245 g/mol. The maximum absolute atomic E-state index is 10.6. The summed E-state index contributed by atoms with van der Waals surface area (Å²) in [5, 5.41) is 8.70. The van der Waals surface area contributed by atoms with E-state index in [1.54, 1.807) is 24.3 Å². The molecule has 0 saturated carbocycles. The Labute approximate surface area is 102 Å². The second kappa shape index (κ2) is 7.12. The molecule has 0 aliphatic rings. The van der Waals surface area contributed by atoms with Crippen molar-refractivity contribution in [1.82, 2.24) is 0 Å². The fourth-order valence-electron chi connectivity index (χ4n) is 1.37. The van der Waals surface area contributed by atoms with Gasteiger partial charge >= 0.3 is 5.97 Å². The van der Waals surface area contributed by atoms with Crippen molar-refractivity contribution < 1.29 is 14.6 Å². The van der Waals surface area contributed by atoms with Crippen LogP contribution in [0.1, 0.15) is 37.0 Å². The number of benzene rings is 1. The van der Waals surface area contributed by atoms with E-state index >= 15 is 0 Å². The van der Waals surface area contributed by atoms with Crippen LogP contribution in [0, 0.1) is 0 Å². The third kappa shape index (κ3) is 4.53. The van der Waals surface area contributed by atoms with E-state index in [0.717, 1.165) is 18.6 Å². The van der Waals surface area contributed by atoms with Crippen molar-refractivity contribution in [3.8, 4) is 5.75 Å². The Bertz CT molecular complexity index is 322. The van der Waals surface area contributed by atoms with Gasteiger partial charge in [0, 0.05) is 0 Å². The highest BCUT2D eigenvalue weighted by molar-refractivity contribution is 5.87. The molecule has 0 amide bonds. The van der Waals surface area contributed by atoms with Crippen molar-refractivity contribution in [3.63, 3.8) is 0 Å². The highest BCUT2D eigenvalue weighted by Crippen LogP contribution is 2.15. The van der Waals surface area contributed by atoms with Crippen LogP contribution >= 0.6 is 12.4 Å². The van der Waals surface area contributed by atoms with Gasteiger partial charge in [0.25, 0.3) is 0 Å². The topological polar surface area (TPSA) is 46.5 Å². The van der Waals surface area contributed by atoms with Crippen LogP contribution in [0.3, 0.4) is 0 Å². The molecular weight excluding hydrogens is 228 g/mol. The van der Waals surface area contributed by atoms with Gasteiger partial charge in [-0.3, -0.25) is 0 Å². The molecular formula is C12H17ClO3. The Morgan fingerprint density at radius 2 is 1.94 bits per heavy atom. The smallest absolute Gasteiger partial charge is 0.335 e. The summed E-state index contributed by atoms with van der Waals surface area (Å²) in [5.41, 5.74) is 0.283. The lowest BCUT2D eigenvalue weighted by Crippen LogP contribution is -2.10. The number of carbonyl (C=O) groups is 1. The van der Waals surface area contributed by atoms with Gasteiger partial charge in [-0.25, -0.2) is 4.79 Å². The molecule has 0 bridgehead atoms. The molecule has 1 N–H and O–H groups in total. The zero-order chi connectivity index (χ0) is 11.3. The summed E-state index contributed by atoms with van der Waals surface area (Å²) in [6.45, 7) is 4.11. The predicted molar refractivity (Wildman–Crippen MR) is 65.6 cm³/mol. The number of halogens is 1. The molecule has 3 nitrogen and oxygen atoms in total.